The average Bonchev–Trinajstić information content (AvgIpc) is 2.19. The second-order valence-electron chi connectivity index (χ2n) is 3.19. The normalized spacial score (nSPS) is 11.9. The van der Waals surface area contributed by atoms with E-state index in [1.165, 1.54) is 6.07 Å². The fourth-order valence-electron chi connectivity index (χ4n) is 0.995. The van der Waals surface area contributed by atoms with E-state index in [1.54, 1.807) is 13.8 Å². The number of alkyl halides is 3. The first-order chi connectivity index (χ1) is 7.32. The van der Waals surface area contributed by atoms with Gasteiger partial charge >= 0.3 is 6.18 Å². The Morgan fingerprint density at radius 3 is 2.20 bits per heavy atom. The van der Waals surface area contributed by atoms with E-state index in [4.69, 9.17) is 1.37 Å². The van der Waals surface area contributed by atoms with Crippen molar-refractivity contribution in [2.45, 2.75) is 39.8 Å². The van der Waals surface area contributed by atoms with Crippen molar-refractivity contribution in [1.82, 2.24) is 0 Å². The van der Waals surface area contributed by atoms with Gasteiger partial charge in [-0.15, -0.1) is 0 Å². The van der Waals surface area contributed by atoms with Gasteiger partial charge in [0.05, 0.1) is 6.93 Å². The minimum absolute atomic E-state index is 0.0650. The molecule has 0 radical (unpaired) electrons. The highest BCUT2D eigenvalue weighted by atomic mass is 19.4. The van der Waals surface area contributed by atoms with Gasteiger partial charge in [-0.2, -0.15) is 13.2 Å². The molecule has 1 rings (SSSR count). The van der Waals surface area contributed by atoms with Crippen molar-refractivity contribution in [3.05, 3.63) is 35.4 Å². The molecule has 0 aliphatic carbocycles. The third-order valence-corrected chi connectivity index (χ3v) is 1.77. The van der Waals surface area contributed by atoms with Gasteiger partial charge in [0.1, 0.15) is 0 Å². The lowest BCUT2D eigenvalue weighted by atomic mass is 10.0. The minimum Gasteiger partial charge on any atom is -0.166 e. The average molecular weight is 220 g/mol. The Balaban J connectivity index is 0.00000106. The first kappa shape index (κ1) is 12.1. The summed E-state index contributed by atoms with van der Waals surface area (Å²) >= 11 is 0. The fraction of sp³-hybridized carbons (Fsp3) is 0.500. The van der Waals surface area contributed by atoms with Crippen molar-refractivity contribution in [3.8, 4) is 0 Å². The third-order valence-electron chi connectivity index (χ3n) is 1.77. The zero-order valence-electron chi connectivity index (χ0n) is 10.4. The molecule has 0 spiro atoms. The van der Waals surface area contributed by atoms with E-state index in [1.807, 2.05) is 13.8 Å². The maximum absolute atomic E-state index is 12.3. The first-order valence-corrected chi connectivity index (χ1v) is 5.00. The highest BCUT2D eigenvalue weighted by Crippen LogP contribution is 2.30. The topological polar surface area (TPSA) is 0 Å². The lowest BCUT2D eigenvalue weighted by Crippen LogP contribution is -2.05. The summed E-state index contributed by atoms with van der Waals surface area (Å²) in [4.78, 5) is 0. The van der Waals surface area contributed by atoms with Crippen LogP contribution in [0.1, 0.15) is 46.1 Å². The highest BCUT2D eigenvalue weighted by molar-refractivity contribution is 5.27. The SMILES string of the molecule is CC.[3H]c1ccc(C(F)(F)F)cc1C(C)C. The second-order valence-corrected chi connectivity index (χ2v) is 3.19. The maximum atomic E-state index is 12.3. The number of rotatable bonds is 1. The van der Waals surface area contributed by atoms with E-state index < -0.39 is 11.7 Å². The molecule has 86 valence electrons. The number of hydrogen-bond acceptors (Lipinski definition) is 0. The molecule has 0 nitrogen and oxygen atoms in total. The second kappa shape index (κ2) is 5.79. The summed E-state index contributed by atoms with van der Waals surface area (Å²) in [6.07, 6.45) is -4.32. The Hall–Kier alpha value is -0.990. The highest BCUT2D eigenvalue weighted by Gasteiger charge is 2.30. The Bertz CT molecular complexity index is 330. The molecule has 0 atom stereocenters. The van der Waals surface area contributed by atoms with Gasteiger partial charge < -0.3 is 0 Å². The van der Waals surface area contributed by atoms with Crippen LogP contribution in [0.2, 0.25) is 0 Å². The van der Waals surface area contributed by atoms with Gasteiger partial charge in [0, 0.05) is 0 Å². The summed E-state index contributed by atoms with van der Waals surface area (Å²) in [6, 6.07) is 3.34. The largest absolute Gasteiger partial charge is 0.416 e. The molecule has 0 unspecified atom stereocenters. The lowest BCUT2D eigenvalue weighted by molar-refractivity contribution is -0.137. The number of halogens is 3. The van der Waals surface area contributed by atoms with Crippen molar-refractivity contribution < 1.29 is 14.5 Å². The van der Waals surface area contributed by atoms with Gasteiger partial charge in [-0.05, 0) is 17.5 Å². The molecule has 0 saturated carbocycles. The van der Waals surface area contributed by atoms with E-state index in [-0.39, 0.29) is 12.0 Å². The molecule has 1 aromatic rings. The molecular weight excluding hydrogens is 201 g/mol. The number of hydrogen-bond donors (Lipinski definition) is 0. The molecule has 0 amide bonds. The quantitative estimate of drug-likeness (QED) is 0.634. The van der Waals surface area contributed by atoms with Gasteiger partial charge in [-0.25, -0.2) is 0 Å². The van der Waals surface area contributed by atoms with Crippen LogP contribution in [0.5, 0.6) is 0 Å². The molecule has 15 heavy (non-hydrogen) atoms. The smallest absolute Gasteiger partial charge is 0.166 e. The van der Waals surface area contributed by atoms with Gasteiger partial charge in [0.15, 0.2) is 0 Å². The van der Waals surface area contributed by atoms with Gasteiger partial charge in [0.25, 0.3) is 0 Å². The van der Waals surface area contributed by atoms with E-state index in [0.717, 1.165) is 12.1 Å². The van der Waals surface area contributed by atoms with Crippen molar-refractivity contribution in [2.24, 2.45) is 0 Å². The van der Waals surface area contributed by atoms with Crippen molar-refractivity contribution in [2.75, 3.05) is 0 Å². The Kier molecular flexibility index (Phi) is 4.66. The molecule has 0 aromatic heterocycles. The van der Waals surface area contributed by atoms with E-state index in [9.17, 15) is 13.2 Å². The van der Waals surface area contributed by atoms with Crippen LogP contribution in [0.25, 0.3) is 0 Å². The van der Waals surface area contributed by atoms with Crippen LogP contribution >= 0.6 is 0 Å². The summed E-state index contributed by atoms with van der Waals surface area (Å²) < 4.78 is 44.3. The van der Waals surface area contributed by atoms with Crippen molar-refractivity contribution in [3.63, 3.8) is 0 Å². The zero-order chi connectivity index (χ0) is 12.9. The molecule has 0 N–H and O–H groups in total. The Morgan fingerprint density at radius 1 is 1.27 bits per heavy atom. The molecule has 1 aromatic carbocycles. The van der Waals surface area contributed by atoms with E-state index in [2.05, 4.69) is 0 Å². The standard InChI is InChI=1S/C10H11F3.C2H6/c1-7(2)8-4-3-5-9(6-8)10(11,12)13;1-2/h3-7H,1-2H3;1-2H3/i4T;. The number of benzene rings is 1. The monoisotopic (exact) mass is 220 g/mol. The van der Waals surface area contributed by atoms with Gasteiger partial charge in [-0.1, -0.05) is 45.9 Å². The molecule has 0 heterocycles. The Morgan fingerprint density at radius 2 is 1.80 bits per heavy atom. The summed E-state index contributed by atoms with van der Waals surface area (Å²) in [5.41, 5.74) is -0.253. The predicted molar refractivity (Wildman–Crippen MR) is 56.9 cm³/mol. The van der Waals surface area contributed by atoms with Crippen molar-refractivity contribution in [1.29, 1.82) is 0 Å². The minimum atomic E-state index is -4.32. The molecule has 3 heteroatoms. The Labute approximate surface area is 90.5 Å². The fourth-order valence-corrected chi connectivity index (χ4v) is 0.995. The molecule has 0 aliphatic rings. The predicted octanol–water partition coefficient (Wildman–Crippen LogP) is 4.86. The summed E-state index contributed by atoms with van der Waals surface area (Å²) in [5, 5.41) is 0. The maximum Gasteiger partial charge on any atom is 0.416 e. The van der Waals surface area contributed by atoms with E-state index in [0.29, 0.717) is 5.56 Å². The molecule has 0 bridgehead atoms. The molecular formula is C12H17F3. The van der Waals surface area contributed by atoms with Crippen LogP contribution < -0.4 is 0 Å². The van der Waals surface area contributed by atoms with Crippen LogP contribution in [0, 0.1) is 0 Å². The van der Waals surface area contributed by atoms with Crippen LogP contribution in [-0.4, -0.2) is 0 Å². The summed E-state index contributed by atoms with van der Waals surface area (Å²) in [6.45, 7) is 7.54. The van der Waals surface area contributed by atoms with Crippen LogP contribution in [0.3, 0.4) is 0 Å². The van der Waals surface area contributed by atoms with Crippen LogP contribution in [0.4, 0.5) is 13.2 Å². The molecule has 0 fully saturated rings. The van der Waals surface area contributed by atoms with Gasteiger partial charge in [0.2, 0.25) is 0 Å². The lowest BCUT2D eigenvalue weighted by Gasteiger charge is -2.10. The summed E-state index contributed by atoms with van der Waals surface area (Å²) in [5.74, 6) is -0.0650. The van der Waals surface area contributed by atoms with Gasteiger partial charge in [-0.3, -0.25) is 0 Å². The first-order valence-electron chi connectivity index (χ1n) is 5.50. The van der Waals surface area contributed by atoms with Crippen LogP contribution in [0.15, 0.2) is 24.2 Å². The zero-order valence-corrected chi connectivity index (χ0v) is 9.44. The van der Waals surface area contributed by atoms with E-state index >= 15 is 0 Å². The molecule has 0 aliphatic heterocycles. The molecule has 0 saturated heterocycles. The summed E-state index contributed by atoms with van der Waals surface area (Å²) in [7, 11) is 0. The van der Waals surface area contributed by atoms with Crippen LogP contribution in [-0.2, 0) is 6.18 Å². The van der Waals surface area contributed by atoms with Crippen molar-refractivity contribution >= 4 is 0 Å². The third kappa shape index (κ3) is 4.36.